The fourth-order valence-electron chi connectivity index (χ4n) is 3.11. The van der Waals surface area contributed by atoms with Crippen molar-refractivity contribution in [3.05, 3.63) is 59.6 Å². The predicted octanol–water partition coefficient (Wildman–Crippen LogP) is 4.09. The molecule has 172 valence electrons. The molecule has 0 unspecified atom stereocenters. The fourth-order valence-corrected chi connectivity index (χ4v) is 3.78. The minimum absolute atomic E-state index is 0.0324. The molecular weight excluding hydrogens is 462 g/mol. The van der Waals surface area contributed by atoms with E-state index in [0.717, 1.165) is 10.5 Å². The van der Waals surface area contributed by atoms with Gasteiger partial charge >= 0.3 is 0 Å². The Balaban J connectivity index is 0.00000149. The Morgan fingerprint density at radius 1 is 1.21 bits per heavy atom. The lowest BCUT2D eigenvalue weighted by atomic mass is 10.1. The molecule has 1 atom stereocenters. The number of carbonyl (C=O) groups excluding carboxylic acids is 2. The lowest BCUT2D eigenvalue weighted by Crippen LogP contribution is -2.49. The van der Waals surface area contributed by atoms with E-state index in [0.29, 0.717) is 22.3 Å². The number of benzene rings is 1. The molecule has 8 nitrogen and oxygen atoms in total. The second-order valence-electron chi connectivity index (χ2n) is 6.69. The number of fused-ring (bicyclic) bond motifs is 1. The molecule has 3 aromatic rings. The van der Waals surface area contributed by atoms with Gasteiger partial charge in [-0.15, -0.1) is 11.8 Å². The number of hydrogen-bond acceptors (Lipinski definition) is 7. The van der Waals surface area contributed by atoms with Crippen molar-refractivity contribution < 1.29 is 14.3 Å². The number of halogens is 1. The van der Waals surface area contributed by atoms with Crippen LogP contribution in [0.4, 0.5) is 5.82 Å². The normalized spacial score (nSPS) is 14.9. The minimum Gasteiger partial charge on any atom is -0.487 e. The first-order chi connectivity index (χ1) is 16.0. The predicted molar refractivity (Wildman–Crippen MR) is 130 cm³/mol. The summed E-state index contributed by atoms with van der Waals surface area (Å²) in [7, 11) is 1.56. The molecule has 0 spiro atoms. The average molecular weight is 486 g/mol. The van der Waals surface area contributed by atoms with Gasteiger partial charge in [0.2, 0.25) is 5.82 Å². The highest BCUT2D eigenvalue weighted by atomic mass is 35.5. The largest absolute Gasteiger partial charge is 0.487 e. The highest BCUT2D eigenvalue weighted by Crippen LogP contribution is 2.31. The standard InChI is InChI=1S/C21H18ClN5O3S.C2H6/c1-27-19-15(8-13(22)9-24-19)30-11-14(21(27)29)25-20(28)18-23-10-16(31-2)17(26-18)12-6-4-3-5-7-12;1-2/h3-10,14H,11H2,1-2H3,(H,25,28);1-2H3/t14-;/m0./s1. The van der Waals surface area contributed by atoms with Gasteiger partial charge in [0.25, 0.3) is 11.8 Å². The smallest absolute Gasteiger partial charge is 0.289 e. The Bertz CT molecular complexity index is 1150. The molecule has 0 saturated heterocycles. The summed E-state index contributed by atoms with van der Waals surface area (Å²) in [4.78, 5) is 40.7. The highest BCUT2D eigenvalue weighted by molar-refractivity contribution is 7.98. The molecule has 3 heterocycles. The monoisotopic (exact) mass is 485 g/mol. The minimum atomic E-state index is -0.936. The summed E-state index contributed by atoms with van der Waals surface area (Å²) in [5, 5.41) is 3.06. The van der Waals surface area contributed by atoms with E-state index in [4.69, 9.17) is 16.3 Å². The summed E-state index contributed by atoms with van der Waals surface area (Å²) in [6.07, 6.45) is 4.95. The van der Waals surface area contributed by atoms with E-state index in [1.807, 2.05) is 50.4 Å². The molecular formula is C23H24ClN5O3S. The molecule has 0 radical (unpaired) electrons. The van der Waals surface area contributed by atoms with Gasteiger partial charge < -0.3 is 10.1 Å². The number of hydrogen-bond donors (Lipinski definition) is 1. The van der Waals surface area contributed by atoms with Crippen LogP contribution in [0.5, 0.6) is 5.75 Å². The van der Waals surface area contributed by atoms with Crippen LogP contribution in [0.2, 0.25) is 5.02 Å². The molecule has 0 bridgehead atoms. The van der Waals surface area contributed by atoms with Gasteiger partial charge in [-0.05, 0) is 6.26 Å². The van der Waals surface area contributed by atoms with Gasteiger partial charge in [0.1, 0.15) is 12.6 Å². The first kappa shape index (κ1) is 24.5. The quantitative estimate of drug-likeness (QED) is 0.555. The van der Waals surface area contributed by atoms with Crippen molar-refractivity contribution >= 4 is 41.0 Å². The van der Waals surface area contributed by atoms with E-state index in [2.05, 4.69) is 20.3 Å². The van der Waals surface area contributed by atoms with Crippen molar-refractivity contribution in [3.63, 3.8) is 0 Å². The maximum absolute atomic E-state index is 12.9. The van der Waals surface area contributed by atoms with Crippen molar-refractivity contribution in [2.45, 2.75) is 24.8 Å². The Hall–Kier alpha value is -3.17. The van der Waals surface area contributed by atoms with Crippen LogP contribution in [-0.4, -0.2) is 52.7 Å². The summed E-state index contributed by atoms with van der Waals surface area (Å²) < 4.78 is 5.68. The van der Waals surface area contributed by atoms with Gasteiger partial charge in [-0.25, -0.2) is 15.0 Å². The number of pyridine rings is 1. The summed E-state index contributed by atoms with van der Waals surface area (Å²) in [6.45, 7) is 3.93. The summed E-state index contributed by atoms with van der Waals surface area (Å²) >= 11 is 7.46. The zero-order valence-corrected chi connectivity index (χ0v) is 20.3. The van der Waals surface area contributed by atoms with E-state index in [-0.39, 0.29) is 18.3 Å². The van der Waals surface area contributed by atoms with Crippen molar-refractivity contribution in [2.24, 2.45) is 0 Å². The zero-order valence-electron chi connectivity index (χ0n) is 18.7. The number of aromatic nitrogens is 3. The Morgan fingerprint density at radius 2 is 1.94 bits per heavy atom. The molecule has 2 aromatic heterocycles. The molecule has 1 N–H and O–H groups in total. The number of amides is 2. The molecule has 2 amide bonds. The van der Waals surface area contributed by atoms with Crippen LogP contribution >= 0.6 is 23.4 Å². The van der Waals surface area contributed by atoms with Crippen LogP contribution in [0.1, 0.15) is 24.5 Å². The van der Waals surface area contributed by atoms with Gasteiger partial charge in [-0.3, -0.25) is 14.5 Å². The molecule has 10 heteroatoms. The maximum Gasteiger partial charge on any atom is 0.289 e. The van der Waals surface area contributed by atoms with E-state index in [1.54, 1.807) is 19.3 Å². The molecule has 1 aromatic carbocycles. The number of nitrogens with one attached hydrogen (secondary N) is 1. The number of anilines is 1. The number of rotatable bonds is 4. The van der Waals surface area contributed by atoms with Gasteiger partial charge in [0.15, 0.2) is 11.6 Å². The van der Waals surface area contributed by atoms with Crippen molar-refractivity contribution in [2.75, 3.05) is 24.8 Å². The SMILES string of the molecule is CC.CSc1cnc(C(=O)N[C@H]2COc3cc(Cl)cnc3N(C)C2=O)nc1-c1ccccc1. The third kappa shape index (κ3) is 5.43. The Morgan fingerprint density at radius 3 is 2.64 bits per heavy atom. The van der Waals surface area contributed by atoms with Crippen LogP contribution in [0, 0.1) is 0 Å². The Labute approximate surface area is 201 Å². The first-order valence-corrected chi connectivity index (χ1v) is 11.9. The lowest BCUT2D eigenvalue weighted by molar-refractivity contribution is -0.120. The van der Waals surface area contributed by atoms with Gasteiger partial charge in [0, 0.05) is 31.1 Å². The third-order valence-corrected chi connectivity index (χ3v) is 5.63. The fraction of sp³-hybridized carbons (Fsp3) is 0.261. The van der Waals surface area contributed by atoms with E-state index in [9.17, 15) is 9.59 Å². The Kier molecular flexibility index (Phi) is 8.24. The molecule has 0 fully saturated rings. The summed E-state index contributed by atoms with van der Waals surface area (Å²) in [5.74, 6) is -0.275. The van der Waals surface area contributed by atoms with Crippen molar-refractivity contribution in [1.29, 1.82) is 0 Å². The first-order valence-electron chi connectivity index (χ1n) is 10.3. The number of likely N-dealkylation sites (N-methyl/N-ethyl adjacent to an activating group) is 1. The van der Waals surface area contributed by atoms with Crippen molar-refractivity contribution in [3.8, 4) is 17.0 Å². The third-order valence-electron chi connectivity index (χ3n) is 4.68. The second-order valence-corrected chi connectivity index (χ2v) is 7.97. The average Bonchev–Trinajstić information content (AvgIpc) is 2.97. The molecule has 1 aliphatic rings. The van der Waals surface area contributed by atoms with E-state index in [1.165, 1.54) is 22.9 Å². The molecule has 4 rings (SSSR count). The van der Waals surface area contributed by atoms with Gasteiger partial charge in [0.05, 0.1) is 15.6 Å². The topological polar surface area (TPSA) is 97.3 Å². The summed E-state index contributed by atoms with van der Waals surface area (Å²) in [5.41, 5.74) is 1.52. The van der Waals surface area contributed by atoms with Crippen LogP contribution in [0.25, 0.3) is 11.3 Å². The number of nitrogens with zero attached hydrogens (tertiary/aromatic N) is 4. The van der Waals surface area contributed by atoms with Crippen LogP contribution in [0.15, 0.2) is 53.7 Å². The van der Waals surface area contributed by atoms with Crippen LogP contribution < -0.4 is 15.0 Å². The molecule has 0 aliphatic carbocycles. The highest BCUT2D eigenvalue weighted by Gasteiger charge is 2.32. The van der Waals surface area contributed by atoms with Crippen molar-refractivity contribution in [1.82, 2.24) is 20.3 Å². The summed E-state index contributed by atoms with van der Waals surface area (Å²) in [6, 6.07) is 10.2. The molecule has 0 saturated carbocycles. The maximum atomic E-state index is 12.9. The van der Waals surface area contributed by atoms with Crippen LogP contribution in [-0.2, 0) is 4.79 Å². The van der Waals surface area contributed by atoms with E-state index >= 15 is 0 Å². The lowest BCUT2D eigenvalue weighted by Gasteiger charge is -2.19. The number of thioether (sulfide) groups is 1. The van der Waals surface area contributed by atoms with E-state index < -0.39 is 11.9 Å². The number of ether oxygens (including phenoxy) is 1. The van der Waals surface area contributed by atoms with Gasteiger partial charge in [-0.1, -0.05) is 55.8 Å². The molecule has 33 heavy (non-hydrogen) atoms. The van der Waals surface area contributed by atoms with Gasteiger partial charge in [-0.2, -0.15) is 0 Å². The number of carbonyl (C=O) groups is 2. The zero-order chi connectivity index (χ0) is 24.0. The van der Waals surface area contributed by atoms with Crippen LogP contribution in [0.3, 0.4) is 0 Å². The molecule has 1 aliphatic heterocycles. The second kappa shape index (κ2) is 11.1.